The molecule has 0 saturated carbocycles. The van der Waals surface area contributed by atoms with Crippen molar-refractivity contribution in [3.05, 3.63) is 16.0 Å². The largest absolute Gasteiger partial charge is 0.369 e. The number of hydrogen-bond acceptors (Lipinski definition) is 4. The lowest BCUT2D eigenvalue weighted by Gasteiger charge is -2.13. The van der Waals surface area contributed by atoms with E-state index in [9.17, 15) is 0 Å². The van der Waals surface area contributed by atoms with Crippen LogP contribution in [0.4, 0.5) is 5.82 Å². The fourth-order valence-electron chi connectivity index (χ4n) is 1.37. The standard InChI is InChI=1S/C11H18BrN3S/c1-5-13-11-9(12)10(7(2)3)14-8(15-11)6-16-4/h7H,5-6H2,1-4H3,(H,13,14,15). The number of halogens is 1. The summed E-state index contributed by atoms with van der Waals surface area (Å²) in [6, 6.07) is 0. The smallest absolute Gasteiger partial charge is 0.144 e. The zero-order chi connectivity index (χ0) is 12.1. The van der Waals surface area contributed by atoms with Crippen LogP contribution in [0.1, 0.15) is 38.2 Å². The average molecular weight is 304 g/mol. The molecule has 0 fully saturated rings. The number of nitrogens with zero attached hydrogens (tertiary/aromatic N) is 2. The molecule has 0 atom stereocenters. The summed E-state index contributed by atoms with van der Waals surface area (Å²) in [5.41, 5.74) is 1.08. The van der Waals surface area contributed by atoms with Gasteiger partial charge in [0, 0.05) is 6.54 Å². The number of nitrogens with one attached hydrogen (secondary N) is 1. The maximum Gasteiger partial charge on any atom is 0.144 e. The Balaban J connectivity index is 3.16. The molecule has 0 unspecified atom stereocenters. The van der Waals surface area contributed by atoms with Crippen molar-refractivity contribution >= 4 is 33.5 Å². The Bertz CT molecular complexity index is 355. The monoisotopic (exact) mass is 303 g/mol. The van der Waals surface area contributed by atoms with Crippen molar-refractivity contribution in [3.63, 3.8) is 0 Å². The fraction of sp³-hybridized carbons (Fsp3) is 0.636. The molecule has 0 aliphatic heterocycles. The van der Waals surface area contributed by atoms with E-state index < -0.39 is 0 Å². The minimum atomic E-state index is 0.399. The number of aromatic nitrogens is 2. The lowest BCUT2D eigenvalue weighted by atomic mass is 10.1. The Morgan fingerprint density at radius 3 is 2.56 bits per heavy atom. The van der Waals surface area contributed by atoms with Crippen molar-refractivity contribution in [2.45, 2.75) is 32.4 Å². The van der Waals surface area contributed by atoms with E-state index in [0.717, 1.165) is 34.1 Å². The van der Waals surface area contributed by atoms with Crippen LogP contribution < -0.4 is 5.32 Å². The van der Waals surface area contributed by atoms with Gasteiger partial charge in [-0.2, -0.15) is 11.8 Å². The molecule has 16 heavy (non-hydrogen) atoms. The summed E-state index contributed by atoms with van der Waals surface area (Å²) in [5, 5.41) is 3.26. The van der Waals surface area contributed by atoms with E-state index in [1.165, 1.54) is 0 Å². The molecule has 1 rings (SSSR count). The second-order valence-corrected chi connectivity index (χ2v) is 5.46. The van der Waals surface area contributed by atoms with Crippen LogP contribution in [-0.2, 0) is 5.75 Å². The van der Waals surface area contributed by atoms with E-state index in [2.05, 4.69) is 58.2 Å². The van der Waals surface area contributed by atoms with E-state index in [4.69, 9.17) is 0 Å². The second-order valence-electron chi connectivity index (χ2n) is 3.81. The molecular formula is C11H18BrN3S. The highest BCUT2D eigenvalue weighted by molar-refractivity contribution is 9.10. The molecule has 0 aromatic carbocycles. The first-order valence-corrected chi connectivity index (χ1v) is 7.57. The molecule has 0 aliphatic carbocycles. The Hall–Kier alpha value is -0.290. The molecule has 1 aromatic rings. The normalized spacial score (nSPS) is 10.9. The predicted molar refractivity (Wildman–Crippen MR) is 75.2 cm³/mol. The van der Waals surface area contributed by atoms with E-state index in [1.54, 1.807) is 11.8 Å². The lowest BCUT2D eigenvalue weighted by Crippen LogP contribution is -2.08. The van der Waals surface area contributed by atoms with Crippen LogP contribution >= 0.6 is 27.7 Å². The van der Waals surface area contributed by atoms with Gasteiger partial charge in [-0.25, -0.2) is 9.97 Å². The topological polar surface area (TPSA) is 37.8 Å². The average Bonchev–Trinajstić information content (AvgIpc) is 2.23. The molecule has 90 valence electrons. The summed E-state index contributed by atoms with van der Waals surface area (Å²) < 4.78 is 0.995. The van der Waals surface area contributed by atoms with E-state index >= 15 is 0 Å². The van der Waals surface area contributed by atoms with Gasteiger partial charge in [0.15, 0.2) is 0 Å². The highest BCUT2D eigenvalue weighted by Gasteiger charge is 2.14. The van der Waals surface area contributed by atoms with E-state index in [1.807, 2.05) is 0 Å². The van der Waals surface area contributed by atoms with Gasteiger partial charge in [-0.05, 0) is 35.0 Å². The van der Waals surface area contributed by atoms with Crippen LogP contribution in [0.25, 0.3) is 0 Å². The summed E-state index contributed by atoms with van der Waals surface area (Å²) in [6.45, 7) is 7.22. The summed E-state index contributed by atoms with van der Waals surface area (Å²) in [4.78, 5) is 9.09. The van der Waals surface area contributed by atoms with Crippen molar-refractivity contribution in [1.29, 1.82) is 0 Å². The third kappa shape index (κ3) is 3.35. The number of thioether (sulfide) groups is 1. The maximum atomic E-state index is 4.59. The van der Waals surface area contributed by atoms with Gasteiger partial charge < -0.3 is 5.32 Å². The Kier molecular flexibility index (Phi) is 5.55. The van der Waals surface area contributed by atoms with Crippen LogP contribution in [-0.4, -0.2) is 22.8 Å². The van der Waals surface area contributed by atoms with Crippen molar-refractivity contribution < 1.29 is 0 Å². The summed E-state index contributed by atoms with van der Waals surface area (Å²) >= 11 is 5.31. The van der Waals surface area contributed by atoms with Gasteiger partial charge in [0.2, 0.25) is 0 Å². The molecule has 0 spiro atoms. The van der Waals surface area contributed by atoms with Crippen LogP contribution in [0, 0.1) is 0 Å². The quantitative estimate of drug-likeness (QED) is 0.901. The molecule has 1 aromatic heterocycles. The van der Waals surface area contributed by atoms with Gasteiger partial charge in [0.05, 0.1) is 15.9 Å². The van der Waals surface area contributed by atoms with Gasteiger partial charge >= 0.3 is 0 Å². The third-order valence-corrected chi connectivity index (χ3v) is 3.42. The van der Waals surface area contributed by atoms with Crippen molar-refractivity contribution in [1.82, 2.24) is 9.97 Å². The summed E-state index contributed by atoms with van der Waals surface area (Å²) in [5.74, 6) is 3.06. The molecule has 3 nitrogen and oxygen atoms in total. The first kappa shape index (κ1) is 13.8. The summed E-state index contributed by atoms with van der Waals surface area (Å²) in [6.07, 6.45) is 2.06. The molecule has 0 aliphatic rings. The van der Waals surface area contributed by atoms with Gasteiger partial charge in [-0.1, -0.05) is 13.8 Å². The molecular weight excluding hydrogens is 286 g/mol. The fourth-order valence-corrected chi connectivity index (χ4v) is 2.54. The molecule has 0 saturated heterocycles. The molecule has 5 heteroatoms. The highest BCUT2D eigenvalue weighted by Crippen LogP contribution is 2.29. The van der Waals surface area contributed by atoms with Crippen LogP contribution in [0.15, 0.2) is 4.47 Å². The second kappa shape index (κ2) is 6.45. The van der Waals surface area contributed by atoms with Gasteiger partial charge in [0.25, 0.3) is 0 Å². The van der Waals surface area contributed by atoms with Gasteiger partial charge in [-0.3, -0.25) is 0 Å². The molecule has 1 heterocycles. The minimum absolute atomic E-state index is 0.399. The maximum absolute atomic E-state index is 4.59. The van der Waals surface area contributed by atoms with Crippen LogP contribution in [0.2, 0.25) is 0 Å². The van der Waals surface area contributed by atoms with Crippen LogP contribution in [0.3, 0.4) is 0 Å². The minimum Gasteiger partial charge on any atom is -0.369 e. The number of hydrogen-bond donors (Lipinski definition) is 1. The zero-order valence-corrected chi connectivity index (χ0v) is 12.6. The highest BCUT2D eigenvalue weighted by atomic mass is 79.9. The summed E-state index contributed by atoms with van der Waals surface area (Å²) in [7, 11) is 0. The first-order valence-electron chi connectivity index (χ1n) is 5.39. The van der Waals surface area contributed by atoms with Crippen molar-refractivity contribution in [2.75, 3.05) is 18.1 Å². The lowest BCUT2D eigenvalue weighted by molar-refractivity contribution is 0.792. The van der Waals surface area contributed by atoms with Crippen LogP contribution in [0.5, 0.6) is 0 Å². The molecule has 0 amide bonds. The Labute approximate surface area is 110 Å². The number of anilines is 1. The third-order valence-electron chi connectivity index (χ3n) is 2.09. The van der Waals surface area contributed by atoms with E-state index in [-0.39, 0.29) is 0 Å². The number of rotatable bonds is 5. The van der Waals surface area contributed by atoms with Gasteiger partial charge in [0.1, 0.15) is 11.6 Å². The molecule has 1 N–H and O–H groups in total. The van der Waals surface area contributed by atoms with Crippen molar-refractivity contribution in [3.8, 4) is 0 Å². The molecule has 0 radical (unpaired) electrons. The van der Waals surface area contributed by atoms with E-state index in [0.29, 0.717) is 5.92 Å². The predicted octanol–water partition coefficient (Wildman–Crippen LogP) is 3.66. The SMILES string of the molecule is CCNc1nc(CSC)nc(C(C)C)c1Br. The Morgan fingerprint density at radius 1 is 1.38 bits per heavy atom. The first-order chi connectivity index (χ1) is 7.60. The zero-order valence-electron chi connectivity index (χ0n) is 10.2. The Morgan fingerprint density at radius 2 is 2.06 bits per heavy atom. The van der Waals surface area contributed by atoms with Crippen molar-refractivity contribution in [2.24, 2.45) is 0 Å². The van der Waals surface area contributed by atoms with Gasteiger partial charge in [-0.15, -0.1) is 0 Å². The molecule has 0 bridgehead atoms.